The maximum absolute atomic E-state index is 12.8. The second-order valence-corrected chi connectivity index (χ2v) is 8.62. The van der Waals surface area contributed by atoms with E-state index in [1.165, 1.54) is 11.8 Å². The van der Waals surface area contributed by atoms with Crippen molar-refractivity contribution < 1.29 is 13.2 Å². The number of halogens is 1. The fraction of sp³-hybridized carbons (Fsp3) is 0.278. The number of nitrogens with one attached hydrogen (secondary N) is 1. The van der Waals surface area contributed by atoms with Crippen LogP contribution in [0.4, 0.5) is 5.69 Å². The topological polar surface area (TPSA) is 66.5 Å². The molecule has 3 rings (SSSR count). The zero-order chi connectivity index (χ0) is 18.0. The molecule has 0 bridgehead atoms. The Morgan fingerprint density at radius 2 is 1.96 bits per heavy atom. The molecular formula is C18H19BrN2O3S. The molecule has 5 nitrogen and oxygen atoms in total. The Labute approximate surface area is 156 Å². The van der Waals surface area contributed by atoms with E-state index in [0.717, 1.165) is 11.1 Å². The Morgan fingerprint density at radius 1 is 1.24 bits per heavy atom. The Bertz CT molecular complexity index is 898. The van der Waals surface area contributed by atoms with Gasteiger partial charge in [-0.3, -0.25) is 4.79 Å². The zero-order valence-electron chi connectivity index (χ0n) is 13.8. The van der Waals surface area contributed by atoms with Crippen LogP contribution in [0, 0.1) is 0 Å². The predicted octanol–water partition coefficient (Wildman–Crippen LogP) is 2.88. The summed E-state index contributed by atoms with van der Waals surface area (Å²) in [6.45, 7) is 2.26. The van der Waals surface area contributed by atoms with Gasteiger partial charge in [0.05, 0.1) is 5.69 Å². The molecule has 1 aliphatic rings. The minimum absolute atomic E-state index is 0.151. The van der Waals surface area contributed by atoms with Gasteiger partial charge in [-0.15, -0.1) is 0 Å². The van der Waals surface area contributed by atoms with Crippen molar-refractivity contribution in [2.75, 3.05) is 18.0 Å². The van der Waals surface area contributed by atoms with Crippen molar-refractivity contribution in [1.29, 1.82) is 0 Å². The predicted molar refractivity (Wildman–Crippen MR) is 101 cm³/mol. The number of sulfonamides is 1. The smallest absolute Gasteiger partial charge is 0.242 e. The molecule has 25 heavy (non-hydrogen) atoms. The van der Waals surface area contributed by atoms with Crippen LogP contribution in [0.2, 0.25) is 0 Å². The van der Waals surface area contributed by atoms with Gasteiger partial charge < -0.3 is 4.90 Å². The number of carbonyl (C=O) groups is 1. The SMILES string of the molecule is CC(=O)N1CCc2cc(Br)cc(S(=O)(=O)NCCc3ccccc3)c21. The molecule has 0 aliphatic carbocycles. The summed E-state index contributed by atoms with van der Waals surface area (Å²) in [5.41, 5.74) is 2.44. The first-order valence-electron chi connectivity index (χ1n) is 8.02. The Kier molecular flexibility index (Phi) is 5.27. The summed E-state index contributed by atoms with van der Waals surface area (Å²) in [5, 5.41) is 0. The lowest BCUT2D eigenvalue weighted by Gasteiger charge is -2.19. The highest BCUT2D eigenvalue weighted by atomic mass is 79.9. The molecule has 0 radical (unpaired) electrons. The van der Waals surface area contributed by atoms with Crippen LogP contribution in [-0.4, -0.2) is 27.4 Å². The number of hydrogen-bond donors (Lipinski definition) is 1. The molecule has 132 valence electrons. The number of nitrogens with zero attached hydrogens (tertiary/aromatic N) is 1. The Hall–Kier alpha value is -1.70. The number of amides is 1. The molecule has 2 aromatic rings. The first-order valence-corrected chi connectivity index (χ1v) is 10.3. The number of carbonyl (C=O) groups excluding carboxylic acids is 1. The van der Waals surface area contributed by atoms with Crippen LogP contribution in [0.25, 0.3) is 0 Å². The van der Waals surface area contributed by atoms with Crippen LogP contribution >= 0.6 is 15.9 Å². The van der Waals surface area contributed by atoms with Crippen LogP contribution in [0.5, 0.6) is 0 Å². The van der Waals surface area contributed by atoms with Gasteiger partial charge in [0.2, 0.25) is 15.9 Å². The van der Waals surface area contributed by atoms with Gasteiger partial charge in [-0.05, 0) is 36.1 Å². The number of hydrogen-bond acceptors (Lipinski definition) is 3. The van der Waals surface area contributed by atoms with Crippen LogP contribution < -0.4 is 9.62 Å². The minimum Gasteiger partial charge on any atom is -0.311 e. The summed E-state index contributed by atoms with van der Waals surface area (Å²) in [6, 6.07) is 13.1. The second-order valence-electron chi connectivity index (χ2n) is 5.97. The molecule has 7 heteroatoms. The zero-order valence-corrected chi connectivity index (χ0v) is 16.2. The lowest BCUT2D eigenvalue weighted by molar-refractivity contribution is -0.116. The molecule has 0 saturated carbocycles. The molecule has 1 heterocycles. The monoisotopic (exact) mass is 422 g/mol. The molecule has 0 aromatic heterocycles. The van der Waals surface area contributed by atoms with E-state index in [4.69, 9.17) is 0 Å². The van der Waals surface area contributed by atoms with Gasteiger partial charge in [0.1, 0.15) is 4.90 Å². The van der Waals surface area contributed by atoms with Crippen LogP contribution in [0.15, 0.2) is 51.8 Å². The molecule has 0 unspecified atom stereocenters. The molecule has 0 spiro atoms. The van der Waals surface area contributed by atoms with Gasteiger partial charge in [0, 0.05) is 24.5 Å². The van der Waals surface area contributed by atoms with Crippen molar-refractivity contribution in [2.24, 2.45) is 0 Å². The van der Waals surface area contributed by atoms with E-state index in [0.29, 0.717) is 36.1 Å². The maximum atomic E-state index is 12.8. The quantitative estimate of drug-likeness (QED) is 0.805. The molecular weight excluding hydrogens is 404 g/mol. The van der Waals surface area contributed by atoms with E-state index < -0.39 is 10.0 Å². The van der Waals surface area contributed by atoms with E-state index in [-0.39, 0.29) is 10.8 Å². The molecule has 1 N–H and O–H groups in total. The van der Waals surface area contributed by atoms with E-state index >= 15 is 0 Å². The number of benzene rings is 2. The van der Waals surface area contributed by atoms with E-state index in [1.807, 2.05) is 36.4 Å². The fourth-order valence-corrected chi connectivity index (χ4v) is 5.00. The summed E-state index contributed by atoms with van der Waals surface area (Å²) < 4.78 is 29.0. The van der Waals surface area contributed by atoms with Crippen molar-refractivity contribution in [3.05, 3.63) is 58.1 Å². The standard InChI is InChI=1S/C18H19BrN2O3S/c1-13(22)21-10-8-15-11-16(19)12-17(18(15)21)25(23,24)20-9-7-14-5-3-2-4-6-14/h2-6,11-12,20H,7-10H2,1H3. The van der Waals surface area contributed by atoms with E-state index in [2.05, 4.69) is 20.7 Å². The number of rotatable bonds is 5. The molecule has 0 atom stereocenters. The van der Waals surface area contributed by atoms with Gasteiger partial charge >= 0.3 is 0 Å². The first kappa shape index (κ1) is 18.1. The third-order valence-corrected chi connectivity index (χ3v) is 6.14. The van der Waals surface area contributed by atoms with Crippen LogP contribution in [0.3, 0.4) is 0 Å². The van der Waals surface area contributed by atoms with Gasteiger partial charge in [-0.1, -0.05) is 46.3 Å². The average Bonchev–Trinajstić information content (AvgIpc) is 2.98. The number of fused-ring (bicyclic) bond motifs is 1. The Balaban J connectivity index is 1.86. The summed E-state index contributed by atoms with van der Waals surface area (Å²) >= 11 is 3.37. The van der Waals surface area contributed by atoms with Gasteiger partial charge in [0.15, 0.2) is 0 Å². The van der Waals surface area contributed by atoms with Crippen molar-refractivity contribution in [1.82, 2.24) is 4.72 Å². The third-order valence-electron chi connectivity index (χ3n) is 4.21. The van der Waals surface area contributed by atoms with E-state index in [9.17, 15) is 13.2 Å². The van der Waals surface area contributed by atoms with Crippen molar-refractivity contribution in [3.8, 4) is 0 Å². The molecule has 1 aliphatic heterocycles. The lowest BCUT2D eigenvalue weighted by atomic mass is 10.2. The summed E-state index contributed by atoms with van der Waals surface area (Å²) in [5.74, 6) is -0.151. The van der Waals surface area contributed by atoms with E-state index in [1.54, 1.807) is 6.07 Å². The summed E-state index contributed by atoms with van der Waals surface area (Å²) in [4.78, 5) is 13.6. The van der Waals surface area contributed by atoms with Crippen LogP contribution in [0.1, 0.15) is 18.1 Å². The lowest BCUT2D eigenvalue weighted by Crippen LogP contribution is -2.31. The highest BCUT2D eigenvalue weighted by Crippen LogP contribution is 2.37. The molecule has 0 fully saturated rings. The minimum atomic E-state index is -3.72. The van der Waals surface area contributed by atoms with Gasteiger partial charge in [-0.25, -0.2) is 13.1 Å². The largest absolute Gasteiger partial charge is 0.311 e. The Morgan fingerprint density at radius 3 is 2.64 bits per heavy atom. The van der Waals surface area contributed by atoms with Gasteiger partial charge in [-0.2, -0.15) is 0 Å². The molecule has 1 amide bonds. The fourth-order valence-electron chi connectivity index (χ4n) is 3.04. The van der Waals surface area contributed by atoms with Crippen molar-refractivity contribution >= 4 is 37.5 Å². The molecule has 0 saturated heterocycles. The third kappa shape index (κ3) is 3.94. The average molecular weight is 423 g/mol. The van der Waals surface area contributed by atoms with Gasteiger partial charge in [0.25, 0.3) is 0 Å². The normalized spacial score (nSPS) is 13.8. The number of anilines is 1. The van der Waals surface area contributed by atoms with Crippen molar-refractivity contribution in [3.63, 3.8) is 0 Å². The summed E-state index contributed by atoms with van der Waals surface area (Å²) in [7, 11) is -3.72. The van der Waals surface area contributed by atoms with Crippen molar-refractivity contribution in [2.45, 2.75) is 24.7 Å². The summed E-state index contributed by atoms with van der Waals surface area (Å²) in [6.07, 6.45) is 1.26. The second kappa shape index (κ2) is 7.27. The molecule has 2 aromatic carbocycles. The maximum Gasteiger partial charge on any atom is 0.242 e. The first-order chi connectivity index (χ1) is 11.9. The highest BCUT2D eigenvalue weighted by Gasteiger charge is 2.31. The highest BCUT2D eigenvalue weighted by molar-refractivity contribution is 9.10. The van der Waals surface area contributed by atoms with Crippen LogP contribution in [-0.2, 0) is 27.7 Å².